The molecule has 1 heterocycles. The molecule has 7 heteroatoms. The molecular formula is C26H29N3O4. The monoisotopic (exact) mass is 447 g/mol. The molecule has 7 nitrogen and oxygen atoms in total. The van der Waals surface area contributed by atoms with Crippen molar-refractivity contribution in [1.29, 1.82) is 0 Å². The fourth-order valence-corrected chi connectivity index (χ4v) is 4.73. The summed E-state index contributed by atoms with van der Waals surface area (Å²) in [6.07, 6.45) is 4.78. The lowest BCUT2D eigenvalue weighted by Crippen LogP contribution is -2.47. The van der Waals surface area contributed by atoms with E-state index in [-0.39, 0.29) is 36.0 Å². The highest BCUT2D eigenvalue weighted by Gasteiger charge is 2.45. The van der Waals surface area contributed by atoms with Crippen molar-refractivity contribution in [2.45, 2.75) is 58.0 Å². The molecule has 2 aromatic carbocycles. The average molecular weight is 448 g/mol. The van der Waals surface area contributed by atoms with Crippen molar-refractivity contribution in [2.75, 3.05) is 10.2 Å². The zero-order valence-electron chi connectivity index (χ0n) is 18.8. The Morgan fingerprint density at radius 1 is 0.970 bits per heavy atom. The largest absolute Gasteiger partial charge is 0.326 e. The minimum absolute atomic E-state index is 0.0302. The number of rotatable bonds is 6. The maximum Gasteiger partial charge on any atom is 0.257 e. The van der Waals surface area contributed by atoms with Gasteiger partial charge in [-0.1, -0.05) is 49.6 Å². The molecule has 2 fully saturated rings. The Bertz CT molecular complexity index is 1030. The van der Waals surface area contributed by atoms with Crippen molar-refractivity contribution in [3.05, 3.63) is 60.2 Å². The lowest BCUT2D eigenvalue weighted by Gasteiger charge is -2.32. The number of imide groups is 1. The van der Waals surface area contributed by atoms with Crippen LogP contribution < -0.4 is 10.2 Å². The van der Waals surface area contributed by atoms with Crippen LogP contribution in [0.4, 0.5) is 11.4 Å². The second-order valence-electron chi connectivity index (χ2n) is 8.80. The third-order valence-corrected chi connectivity index (χ3v) is 6.38. The van der Waals surface area contributed by atoms with E-state index in [9.17, 15) is 19.2 Å². The molecular weight excluding hydrogens is 418 g/mol. The fourth-order valence-electron chi connectivity index (χ4n) is 4.73. The predicted octanol–water partition coefficient (Wildman–Crippen LogP) is 3.89. The molecule has 33 heavy (non-hydrogen) atoms. The molecule has 4 rings (SSSR count). The van der Waals surface area contributed by atoms with Gasteiger partial charge in [0.1, 0.15) is 6.04 Å². The van der Waals surface area contributed by atoms with Gasteiger partial charge in [-0.25, -0.2) is 4.90 Å². The Morgan fingerprint density at radius 2 is 1.64 bits per heavy atom. The molecule has 0 spiro atoms. The van der Waals surface area contributed by atoms with Crippen LogP contribution in [0.25, 0.3) is 0 Å². The predicted molar refractivity (Wildman–Crippen MR) is 125 cm³/mol. The molecule has 0 bridgehead atoms. The van der Waals surface area contributed by atoms with Crippen LogP contribution in [0.3, 0.4) is 0 Å². The van der Waals surface area contributed by atoms with Crippen molar-refractivity contribution >= 4 is 35.0 Å². The van der Waals surface area contributed by atoms with Crippen LogP contribution >= 0.6 is 0 Å². The molecule has 1 aliphatic heterocycles. The van der Waals surface area contributed by atoms with Crippen LogP contribution in [-0.4, -0.2) is 34.6 Å². The molecule has 1 N–H and O–H groups in total. The van der Waals surface area contributed by atoms with Gasteiger partial charge >= 0.3 is 0 Å². The number of carbonyl (C=O) groups excluding carboxylic acids is 4. The van der Waals surface area contributed by atoms with E-state index in [4.69, 9.17) is 0 Å². The molecule has 172 valence electrons. The topological polar surface area (TPSA) is 86.8 Å². The first-order valence-corrected chi connectivity index (χ1v) is 11.5. The summed E-state index contributed by atoms with van der Waals surface area (Å²) >= 11 is 0. The highest BCUT2D eigenvalue weighted by Crippen LogP contribution is 2.31. The van der Waals surface area contributed by atoms with Crippen LogP contribution in [-0.2, 0) is 25.7 Å². The summed E-state index contributed by atoms with van der Waals surface area (Å²) in [7, 11) is 0. The Kier molecular flexibility index (Phi) is 6.87. The zero-order chi connectivity index (χ0) is 23.4. The number of carbonyl (C=O) groups is 4. The zero-order valence-corrected chi connectivity index (χ0v) is 18.8. The van der Waals surface area contributed by atoms with Crippen LogP contribution in [0.1, 0.15) is 51.0 Å². The first-order chi connectivity index (χ1) is 15.9. The van der Waals surface area contributed by atoms with Crippen LogP contribution in [0.15, 0.2) is 54.6 Å². The fraction of sp³-hybridized carbons (Fsp3) is 0.385. The average Bonchev–Trinajstić information content (AvgIpc) is 3.12. The van der Waals surface area contributed by atoms with Crippen LogP contribution in [0, 0.1) is 5.92 Å². The van der Waals surface area contributed by atoms with Gasteiger partial charge < -0.3 is 10.2 Å². The van der Waals surface area contributed by atoms with Crippen molar-refractivity contribution in [3.8, 4) is 0 Å². The van der Waals surface area contributed by atoms with E-state index in [1.165, 1.54) is 6.92 Å². The summed E-state index contributed by atoms with van der Waals surface area (Å²) < 4.78 is 0. The summed E-state index contributed by atoms with van der Waals surface area (Å²) in [5.74, 6) is -1.04. The molecule has 0 aromatic heterocycles. The lowest BCUT2D eigenvalue weighted by molar-refractivity contribution is -0.143. The van der Waals surface area contributed by atoms with Gasteiger partial charge in [0.2, 0.25) is 17.7 Å². The Hall–Kier alpha value is -3.48. The first-order valence-electron chi connectivity index (χ1n) is 11.5. The van der Waals surface area contributed by atoms with Crippen molar-refractivity contribution in [3.63, 3.8) is 0 Å². The normalized spacial score (nSPS) is 18.9. The van der Waals surface area contributed by atoms with Crippen molar-refractivity contribution < 1.29 is 19.2 Å². The molecule has 1 aliphatic carbocycles. The molecule has 1 atom stereocenters. The molecule has 1 saturated carbocycles. The van der Waals surface area contributed by atoms with Gasteiger partial charge in [0.25, 0.3) is 5.91 Å². The quantitative estimate of drug-likeness (QED) is 0.681. The number of hydrogen-bond donors (Lipinski definition) is 1. The third-order valence-electron chi connectivity index (χ3n) is 6.38. The number of amides is 4. The number of hydrogen-bond acceptors (Lipinski definition) is 4. The molecule has 2 aromatic rings. The first kappa shape index (κ1) is 22.7. The van der Waals surface area contributed by atoms with Crippen molar-refractivity contribution in [2.24, 2.45) is 5.92 Å². The highest BCUT2D eigenvalue weighted by atomic mass is 16.2. The molecule has 2 aliphatic rings. The van der Waals surface area contributed by atoms with E-state index in [0.29, 0.717) is 17.9 Å². The second kappa shape index (κ2) is 9.98. The van der Waals surface area contributed by atoms with Gasteiger partial charge in [-0.05, 0) is 42.7 Å². The summed E-state index contributed by atoms with van der Waals surface area (Å²) in [4.78, 5) is 53.9. The van der Waals surface area contributed by atoms with Gasteiger partial charge in [0, 0.05) is 25.1 Å². The number of nitrogens with one attached hydrogen (secondary N) is 1. The van der Waals surface area contributed by atoms with Crippen LogP contribution in [0.2, 0.25) is 0 Å². The molecule has 1 unspecified atom stereocenters. The van der Waals surface area contributed by atoms with Gasteiger partial charge in [-0.15, -0.1) is 0 Å². The van der Waals surface area contributed by atoms with Gasteiger partial charge in [-0.2, -0.15) is 0 Å². The Balaban J connectivity index is 1.58. The van der Waals surface area contributed by atoms with E-state index in [0.717, 1.165) is 42.6 Å². The minimum Gasteiger partial charge on any atom is -0.326 e. The summed E-state index contributed by atoms with van der Waals surface area (Å²) in [6, 6.07) is 15.3. The SMILES string of the molecule is CC(=O)Nc1ccc(N2C(=O)CC(N(Cc3ccccc3)C(=O)C3CCCCC3)C2=O)cc1. The maximum absolute atomic E-state index is 13.5. The molecule has 4 amide bonds. The number of anilines is 2. The van der Waals surface area contributed by atoms with Crippen LogP contribution in [0.5, 0.6) is 0 Å². The second-order valence-corrected chi connectivity index (χ2v) is 8.80. The summed E-state index contributed by atoms with van der Waals surface area (Å²) in [6.45, 7) is 1.71. The van der Waals surface area contributed by atoms with Gasteiger partial charge in [0.05, 0.1) is 12.1 Å². The smallest absolute Gasteiger partial charge is 0.257 e. The summed E-state index contributed by atoms with van der Waals surface area (Å²) in [5, 5.41) is 2.67. The van der Waals surface area contributed by atoms with E-state index >= 15 is 0 Å². The van der Waals surface area contributed by atoms with E-state index in [2.05, 4.69) is 5.32 Å². The highest BCUT2D eigenvalue weighted by molar-refractivity contribution is 6.23. The molecule has 0 radical (unpaired) electrons. The van der Waals surface area contributed by atoms with E-state index < -0.39 is 6.04 Å². The van der Waals surface area contributed by atoms with Gasteiger partial charge in [-0.3, -0.25) is 19.2 Å². The van der Waals surface area contributed by atoms with E-state index in [1.807, 2.05) is 30.3 Å². The maximum atomic E-state index is 13.5. The minimum atomic E-state index is -0.817. The number of nitrogens with zero attached hydrogens (tertiary/aromatic N) is 2. The summed E-state index contributed by atoms with van der Waals surface area (Å²) in [5.41, 5.74) is 1.95. The standard InChI is InChI=1S/C26H29N3O4/c1-18(30)27-21-12-14-22(15-13-21)29-24(31)16-23(26(29)33)28(17-19-8-4-2-5-9-19)25(32)20-10-6-3-7-11-20/h2,4-5,8-9,12-15,20,23H,3,6-7,10-11,16-17H2,1H3,(H,27,30). The number of benzene rings is 2. The third kappa shape index (κ3) is 5.13. The van der Waals surface area contributed by atoms with Gasteiger partial charge in [0.15, 0.2) is 0 Å². The lowest BCUT2D eigenvalue weighted by atomic mass is 9.87. The Morgan fingerprint density at radius 3 is 2.27 bits per heavy atom. The van der Waals surface area contributed by atoms with Crippen molar-refractivity contribution in [1.82, 2.24) is 4.90 Å². The van der Waals surface area contributed by atoms with E-state index in [1.54, 1.807) is 29.2 Å². The Labute approximate surface area is 193 Å². The molecule has 1 saturated heterocycles.